The van der Waals surface area contributed by atoms with Gasteiger partial charge in [0.2, 0.25) is 0 Å². The summed E-state index contributed by atoms with van der Waals surface area (Å²) in [7, 11) is 0. The van der Waals surface area contributed by atoms with Gasteiger partial charge in [-0.05, 0) is 32.7 Å². The highest BCUT2D eigenvalue weighted by Gasteiger charge is 2.15. The molecule has 1 aliphatic rings. The maximum Gasteiger partial charge on any atom is 0.0795 e. The van der Waals surface area contributed by atoms with Crippen molar-refractivity contribution in [2.45, 2.75) is 38.3 Å². The Kier molecular flexibility index (Phi) is 4.11. The van der Waals surface area contributed by atoms with Crippen molar-refractivity contribution in [3.8, 4) is 0 Å². The Labute approximate surface area is 94.9 Å². The molecule has 0 aliphatic carbocycles. The van der Waals surface area contributed by atoms with E-state index in [2.05, 4.69) is 22.6 Å². The summed E-state index contributed by atoms with van der Waals surface area (Å²) in [6.45, 7) is 4.13. The fourth-order valence-corrected chi connectivity index (χ4v) is 2.52. The zero-order chi connectivity index (χ0) is 10.5. The van der Waals surface area contributed by atoms with E-state index in [0.29, 0.717) is 12.1 Å². The molecule has 1 aliphatic heterocycles. The lowest BCUT2D eigenvalue weighted by Gasteiger charge is -2.13. The molecule has 4 heteroatoms. The first kappa shape index (κ1) is 11.0. The molecule has 2 heterocycles. The number of thiazole rings is 1. The molecule has 2 rings (SSSR count). The Balaban J connectivity index is 1.65. The molecule has 0 amide bonds. The van der Waals surface area contributed by atoms with Crippen LogP contribution in [0.1, 0.15) is 37.9 Å². The van der Waals surface area contributed by atoms with Crippen LogP contribution >= 0.6 is 11.3 Å². The lowest BCUT2D eigenvalue weighted by atomic mass is 10.1. The highest BCUT2D eigenvalue weighted by Crippen LogP contribution is 2.16. The van der Waals surface area contributed by atoms with Gasteiger partial charge in [0.25, 0.3) is 0 Å². The Hall–Kier alpha value is -0.450. The number of hydrogen-bond donors (Lipinski definition) is 1. The van der Waals surface area contributed by atoms with E-state index in [1.165, 1.54) is 12.8 Å². The normalized spacial score (nSPS) is 23.1. The highest BCUT2D eigenvalue weighted by atomic mass is 32.1. The molecule has 0 saturated carbocycles. The van der Waals surface area contributed by atoms with Crippen molar-refractivity contribution in [3.63, 3.8) is 0 Å². The summed E-state index contributed by atoms with van der Waals surface area (Å²) in [6.07, 6.45) is 4.06. The monoisotopic (exact) mass is 226 g/mol. The third-order valence-corrected chi connectivity index (χ3v) is 3.44. The lowest BCUT2D eigenvalue weighted by molar-refractivity contribution is 0.103. The van der Waals surface area contributed by atoms with Crippen LogP contribution in [0.25, 0.3) is 0 Å². The minimum atomic E-state index is 0.359. The van der Waals surface area contributed by atoms with Crippen LogP contribution in [0, 0.1) is 0 Å². The summed E-state index contributed by atoms with van der Waals surface area (Å²) in [6, 6.07) is 0.359. The molecule has 84 valence electrons. The Morgan fingerprint density at radius 3 is 3.33 bits per heavy atom. The summed E-state index contributed by atoms with van der Waals surface area (Å²) >= 11 is 1.65. The van der Waals surface area contributed by atoms with Crippen LogP contribution in [0.2, 0.25) is 0 Å². The third kappa shape index (κ3) is 3.26. The molecular weight excluding hydrogens is 208 g/mol. The summed E-state index contributed by atoms with van der Waals surface area (Å²) in [4.78, 5) is 4.29. The SMILES string of the molecule is CC(NCCC1CCCO1)c1cscn1. The van der Waals surface area contributed by atoms with E-state index in [4.69, 9.17) is 4.74 Å². The van der Waals surface area contributed by atoms with Gasteiger partial charge in [-0.25, -0.2) is 4.98 Å². The van der Waals surface area contributed by atoms with E-state index in [9.17, 15) is 0 Å². The predicted octanol–water partition coefficient (Wildman–Crippen LogP) is 2.36. The van der Waals surface area contributed by atoms with Crippen LogP contribution < -0.4 is 5.32 Å². The van der Waals surface area contributed by atoms with Crippen LogP contribution in [0.4, 0.5) is 0 Å². The zero-order valence-corrected chi connectivity index (χ0v) is 9.93. The Morgan fingerprint density at radius 1 is 1.73 bits per heavy atom. The van der Waals surface area contributed by atoms with Gasteiger partial charge in [-0.3, -0.25) is 0 Å². The molecule has 15 heavy (non-hydrogen) atoms. The van der Waals surface area contributed by atoms with Gasteiger partial charge in [0, 0.05) is 18.0 Å². The molecule has 0 radical (unpaired) electrons. The van der Waals surface area contributed by atoms with Crippen molar-refractivity contribution in [3.05, 3.63) is 16.6 Å². The number of rotatable bonds is 5. The predicted molar refractivity (Wildman–Crippen MR) is 62.1 cm³/mol. The second-order valence-corrected chi connectivity index (χ2v) is 4.73. The topological polar surface area (TPSA) is 34.1 Å². The second kappa shape index (κ2) is 5.58. The average Bonchev–Trinajstić information content (AvgIpc) is 2.90. The van der Waals surface area contributed by atoms with Gasteiger partial charge in [0.1, 0.15) is 0 Å². The Morgan fingerprint density at radius 2 is 2.67 bits per heavy atom. The summed E-state index contributed by atoms with van der Waals surface area (Å²) < 4.78 is 5.57. The van der Waals surface area contributed by atoms with Gasteiger partial charge in [0.05, 0.1) is 17.3 Å². The first-order valence-corrected chi connectivity index (χ1v) is 6.53. The molecule has 1 aromatic rings. The molecular formula is C11H18N2OS. The largest absolute Gasteiger partial charge is 0.378 e. The fourth-order valence-electron chi connectivity index (χ4n) is 1.87. The average molecular weight is 226 g/mol. The van der Waals surface area contributed by atoms with Gasteiger partial charge in [0.15, 0.2) is 0 Å². The quantitative estimate of drug-likeness (QED) is 0.837. The molecule has 1 fully saturated rings. The number of nitrogens with one attached hydrogen (secondary N) is 1. The smallest absolute Gasteiger partial charge is 0.0795 e. The van der Waals surface area contributed by atoms with Crippen molar-refractivity contribution in [2.75, 3.05) is 13.2 Å². The van der Waals surface area contributed by atoms with E-state index in [1.54, 1.807) is 11.3 Å². The van der Waals surface area contributed by atoms with E-state index < -0.39 is 0 Å². The van der Waals surface area contributed by atoms with E-state index in [-0.39, 0.29) is 0 Å². The minimum Gasteiger partial charge on any atom is -0.378 e. The fraction of sp³-hybridized carbons (Fsp3) is 0.727. The second-order valence-electron chi connectivity index (χ2n) is 4.01. The Bertz CT molecular complexity index is 270. The summed E-state index contributed by atoms with van der Waals surface area (Å²) in [5, 5.41) is 5.58. The van der Waals surface area contributed by atoms with Gasteiger partial charge in [-0.1, -0.05) is 0 Å². The molecule has 2 unspecified atom stereocenters. The van der Waals surface area contributed by atoms with E-state index in [0.717, 1.165) is 25.3 Å². The molecule has 0 spiro atoms. The molecule has 1 N–H and O–H groups in total. The van der Waals surface area contributed by atoms with Crippen molar-refractivity contribution >= 4 is 11.3 Å². The maximum atomic E-state index is 5.57. The van der Waals surface area contributed by atoms with Gasteiger partial charge in [-0.2, -0.15) is 0 Å². The molecule has 1 saturated heterocycles. The number of aromatic nitrogens is 1. The van der Waals surface area contributed by atoms with Crippen LogP contribution in [0.15, 0.2) is 10.9 Å². The van der Waals surface area contributed by atoms with Crippen LogP contribution in [-0.4, -0.2) is 24.2 Å². The standard InChI is InChI=1S/C11H18N2OS/c1-9(11-7-15-8-13-11)12-5-4-10-3-2-6-14-10/h7-10,12H,2-6H2,1H3. The maximum absolute atomic E-state index is 5.57. The number of nitrogens with zero attached hydrogens (tertiary/aromatic N) is 1. The molecule has 1 aromatic heterocycles. The third-order valence-electron chi connectivity index (χ3n) is 2.84. The van der Waals surface area contributed by atoms with Crippen LogP contribution in [0.5, 0.6) is 0 Å². The van der Waals surface area contributed by atoms with Gasteiger partial charge in [-0.15, -0.1) is 11.3 Å². The van der Waals surface area contributed by atoms with Crippen molar-refractivity contribution < 1.29 is 4.74 Å². The van der Waals surface area contributed by atoms with Crippen LogP contribution in [-0.2, 0) is 4.74 Å². The van der Waals surface area contributed by atoms with Crippen molar-refractivity contribution in [1.82, 2.24) is 10.3 Å². The van der Waals surface area contributed by atoms with Crippen LogP contribution in [0.3, 0.4) is 0 Å². The zero-order valence-electron chi connectivity index (χ0n) is 9.11. The van der Waals surface area contributed by atoms with E-state index in [1.807, 2.05) is 5.51 Å². The first-order chi connectivity index (χ1) is 7.36. The first-order valence-electron chi connectivity index (χ1n) is 5.59. The number of ether oxygens (including phenoxy) is 1. The van der Waals surface area contributed by atoms with Gasteiger partial charge < -0.3 is 10.1 Å². The summed E-state index contributed by atoms with van der Waals surface area (Å²) in [5.41, 5.74) is 3.03. The van der Waals surface area contributed by atoms with Crippen molar-refractivity contribution in [1.29, 1.82) is 0 Å². The highest BCUT2D eigenvalue weighted by molar-refractivity contribution is 7.07. The number of hydrogen-bond acceptors (Lipinski definition) is 4. The lowest BCUT2D eigenvalue weighted by Crippen LogP contribution is -2.23. The van der Waals surface area contributed by atoms with Gasteiger partial charge >= 0.3 is 0 Å². The molecule has 3 nitrogen and oxygen atoms in total. The van der Waals surface area contributed by atoms with Crippen molar-refractivity contribution in [2.24, 2.45) is 0 Å². The molecule has 0 aromatic carbocycles. The molecule has 2 atom stereocenters. The summed E-state index contributed by atoms with van der Waals surface area (Å²) in [5.74, 6) is 0. The van der Waals surface area contributed by atoms with E-state index >= 15 is 0 Å². The minimum absolute atomic E-state index is 0.359. The molecule has 0 bridgehead atoms.